The van der Waals surface area contributed by atoms with Crippen LogP contribution >= 0.6 is 0 Å². The van der Waals surface area contributed by atoms with Crippen molar-refractivity contribution in [3.8, 4) is 11.3 Å². The summed E-state index contributed by atoms with van der Waals surface area (Å²) in [5.41, 5.74) is 3.93. The number of nitro groups is 1. The Hall–Kier alpha value is -2.35. The highest BCUT2D eigenvalue weighted by Crippen LogP contribution is 2.30. The first kappa shape index (κ1) is 12.1. The summed E-state index contributed by atoms with van der Waals surface area (Å²) in [6, 6.07) is 1.29. The molecule has 1 heterocycles. The van der Waals surface area contributed by atoms with Gasteiger partial charge in [0.1, 0.15) is 5.82 Å². The van der Waals surface area contributed by atoms with E-state index in [4.69, 9.17) is 10.2 Å². The quantitative estimate of drug-likeness (QED) is 0.668. The average Bonchev–Trinajstić information content (AvgIpc) is 2.79. The molecule has 0 aliphatic heterocycles. The molecule has 0 saturated heterocycles. The third-order valence-electron chi connectivity index (χ3n) is 2.21. The van der Waals surface area contributed by atoms with Crippen molar-refractivity contribution in [3.05, 3.63) is 46.0 Å². The lowest BCUT2D eigenvalue weighted by Crippen LogP contribution is -1.96. The SMILES string of the molecule is NCc1ncc(-c2cc(F)cc([N+](=O)[O-])c2F)o1. The predicted octanol–water partition coefficient (Wildman–Crippen LogP) is 1.99. The van der Waals surface area contributed by atoms with Crippen LogP contribution in [0.1, 0.15) is 5.89 Å². The fraction of sp³-hybridized carbons (Fsp3) is 0.100. The first-order chi connectivity index (χ1) is 8.52. The smallest absolute Gasteiger partial charge is 0.308 e. The maximum atomic E-state index is 13.8. The van der Waals surface area contributed by atoms with Crippen LogP contribution in [0.5, 0.6) is 0 Å². The minimum Gasteiger partial charge on any atom is -0.439 e. The number of aromatic nitrogens is 1. The summed E-state index contributed by atoms with van der Waals surface area (Å²) in [4.78, 5) is 13.2. The van der Waals surface area contributed by atoms with Gasteiger partial charge in [-0.05, 0) is 6.07 Å². The van der Waals surface area contributed by atoms with Crippen LogP contribution in [0.4, 0.5) is 14.5 Å². The van der Waals surface area contributed by atoms with Crippen LogP contribution in [0, 0.1) is 21.7 Å². The Morgan fingerprint density at radius 1 is 1.44 bits per heavy atom. The zero-order chi connectivity index (χ0) is 13.3. The molecular weight excluding hydrogens is 248 g/mol. The van der Waals surface area contributed by atoms with E-state index in [1.165, 1.54) is 0 Å². The van der Waals surface area contributed by atoms with Crippen molar-refractivity contribution in [1.82, 2.24) is 4.98 Å². The monoisotopic (exact) mass is 255 g/mol. The largest absolute Gasteiger partial charge is 0.439 e. The van der Waals surface area contributed by atoms with E-state index in [1.807, 2.05) is 0 Å². The second kappa shape index (κ2) is 4.49. The van der Waals surface area contributed by atoms with Gasteiger partial charge in [0.05, 0.1) is 29.3 Å². The average molecular weight is 255 g/mol. The molecule has 0 atom stereocenters. The molecule has 6 nitrogen and oxygen atoms in total. The first-order valence-electron chi connectivity index (χ1n) is 4.81. The Kier molecular flexibility index (Phi) is 3.02. The summed E-state index contributed by atoms with van der Waals surface area (Å²) in [5.74, 6) is -2.11. The molecule has 2 N–H and O–H groups in total. The van der Waals surface area contributed by atoms with Crippen LogP contribution in [-0.4, -0.2) is 9.91 Å². The highest BCUT2D eigenvalue weighted by molar-refractivity contribution is 5.62. The van der Waals surface area contributed by atoms with Crippen molar-refractivity contribution >= 4 is 5.69 Å². The normalized spacial score (nSPS) is 10.6. The summed E-state index contributed by atoms with van der Waals surface area (Å²) in [5, 5.41) is 10.6. The molecule has 0 fully saturated rings. The third kappa shape index (κ3) is 2.05. The van der Waals surface area contributed by atoms with Crippen LogP contribution in [0.2, 0.25) is 0 Å². The maximum absolute atomic E-state index is 13.8. The van der Waals surface area contributed by atoms with Crippen molar-refractivity contribution in [1.29, 1.82) is 0 Å². The lowest BCUT2D eigenvalue weighted by molar-refractivity contribution is -0.387. The summed E-state index contributed by atoms with van der Waals surface area (Å²) in [7, 11) is 0. The van der Waals surface area contributed by atoms with Crippen LogP contribution < -0.4 is 5.73 Å². The van der Waals surface area contributed by atoms with Crippen molar-refractivity contribution in [2.75, 3.05) is 0 Å². The van der Waals surface area contributed by atoms with E-state index in [1.54, 1.807) is 0 Å². The number of rotatable bonds is 3. The molecule has 0 saturated carbocycles. The molecule has 0 bridgehead atoms. The Bertz CT molecular complexity index is 612. The topological polar surface area (TPSA) is 95.2 Å². The number of nitro benzene ring substituents is 1. The molecule has 0 aliphatic rings. The molecule has 0 radical (unpaired) electrons. The molecule has 1 aromatic heterocycles. The molecule has 18 heavy (non-hydrogen) atoms. The van der Waals surface area contributed by atoms with Gasteiger partial charge >= 0.3 is 5.69 Å². The van der Waals surface area contributed by atoms with Gasteiger partial charge in [-0.3, -0.25) is 10.1 Å². The van der Waals surface area contributed by atoms with Gasteiger partial charge in [0.2, 0.25) is 11.7 Å². The Balaban J connectivity index is 2.60. The van der Waals surface area contributed by atoms with Gasteiger partial charge in [0, 0.05) is 0 Å². The van der Waals surface area contributed by atoms with E-state index in [0.717, 1.165) is 12.3 Å². The van der Waals surface area contributed by atoms with Crippen molar-refractivity contribution in [2.24, 2.45) is 5.73 Å². The van der Waals surface area contributed by atoms with Gasteiger partial charge in [-0.2, -0.15) is 4.39 Å². The minimum absolute atomic E-state index is 0.0149. The molecule has 0 amide bonds. The molecule has 0 spiro atoms. The van der Waals surface area contributed by atoms with E-state index in [2.05, 4.69) is 4.98 Å². The molecule has 2 rings (SSSR count). The Morgan fingerprint density at radius 2 is 2.17 bits per heavy atom. The van der Waals surface area contributed by atoms with Crippen LogP contribution in [0.3, 0.4) is 0 Å². The summed E-state index contributed by atoms with van der Waals surface area (Å²) in [6.07, 6.45) is 1.13. The van der Waals surface area contributed by atoms with Crippen molar-refractivity contribution in [3.63, 3.8) is 0 Å². The van der Waals surface area contributed by atoms with Gasteiger partial charge in [0.15, 0.2) is 5.76 Å². The van der Waals surface area contributed by atoms with Crippen LogP contribution in [0.25, 0.3) is 11.3 Å². The molecular formula is C10H7F2N3O3. The fourth-order valence-electron chi connectivity index (χ4n) is 1.42. The summed E-state index contributed by atoms with van der Waals surface area (Å²) in [6.45, 7) is -0.0149. The van der Waals surface area contributed by atoms with Crippen molar-refractivity contribution in [2.45, 2.75) is 6.54 Å². The second-order valence-electron chi connectivity index (χ2n) is 3.37. The molecule has 0 unspecified atom stereocenters. The number of benzene rings is 1. The zero-order valence-corrected chi connectivity index (χ0v) is 8.89. The predicted molar refractivity (Wildman–Crippen MR) is 56.4 cm³/mol. The molecule has 94 valence electrons. The Labute approximate surface area is 99.2 Å². The fourth-order valence-corrected chi connectivity index (χ4v) is 1.42. The first-order valence-corrected chi connectivity index (χ1v) is 4.81. The standard InChI is InChI=1S/C10H7F2N3O3/c11-5-1-6(8-4-14-9(3-13)18-8)10(12)7(2-5)15(16)17/h1-2,4H,3,13H2. The van der Waals surface area contributed by atoms with E-state index in [9.17, 15) is 18.9 Å². The van der Waals surface area contributed by atoms with Gasteiger partial charge in [-0.25, -0.2) is 9.37 Å². The Morgan fingerprint density at radius 3 is 2.72 bits per heavy atom. The second-order valence-corrected chi connectivity index (χ2v) is 3.37. The number of halogens is 2. The minimum atomic E-state index is -1.18. The lowest BCUT2D eigenvalue weighted by Gasteiger charge is -2.00. The van der Waals surface area contributed by atoms with Crippen LogP contribution in [0.15, 0.2) is 22.7 Å². The van der Waals surface area contributed by atoms with Gasteiger partial charge < -0.3 is 10.2 Å². The number of hydrogen-bond donors (Lipinski definition) is 1. The number of hydrogen-bond acceptors (Lipinski definition) is 5. The summed E-state index contributed by atoms with van der Waals surface area (Å²) >= 11 is 0. The molecule has 8 heteroatoms. The van der Waals surface area contributed by atoms with E-state index in [0.29, 0.717) is 6.07 Å². The summed E-state index contributed by atoms with van der Waals surface area (Å²) < 4.78 is 32.0. The molecule has 0 aliphatic carbocycles. The number of oxazole rings is 1. The molecule has 2 aromatic rings. The number of nitrogens with zero attached hydrogens (tertiary/aromatic N) is 2. The lowest BCUT2D eigenvalue weighted by atomic mass is 10.1. The third-order valence-corrected chi connectivity index (χ3v) is 2.21. The highest BCUT2D eigenvalue weighted by atomic mass is 19.1. The van der Waals surface area contributed by atoms with E-state index >= 15 is 0 Å². The van der Waals surface area contributed by atoms with E-state index in [-0.39, 0.29) is 23.8 Å². The van der Waals surface area contributed by atoms with Crippen molar-refractivity contribution < 1.29 is 18.1 Å². The zero-order valence-electron chi connectivity index (χ0n) is 8.89. The highest BCUT2D eigenvalue weighted by Gasteiger charge is 2.23. The van der Waals surface area contributed by atoms with E-state index < -0.39 is 22.2 Å². The van der Waals surface area contributed by atoms with Gasteiger partial charge in [0.25, 0.3) is 0 Å². The maximum Gasteiger partial charge on any atom is 0.308 e. The number of nitrogens with two attached hydrogens (primary N) is 1. The van der Waals surface area contributed by atoms with Gasteiger partial charge in [-0.1, -0.05) is 0 Å². The molecule has 1 aromatic carbocycles. The van der Waals surface area contributed by atoms with Crippen LogP contribution in [-0.2, 0) is 6.54 Å². The van der Waals surface area contributed by atoms with Gasteiger partial charge in [-0.15, -0.1) is 0 Å².